The average Bonchev–Trinajstić information content (AvgIpc) is 2.71. The van der Waals surface area contributed by atoms with Gasteiger partial charge in [0.05, 0.1) is 5.02 Å². The zero-order valence-corrected chi connectivity index (χ0v) is 12.7. The van der Waals surface area contributed by atoms with E-state index in [-0.39, 0.29) is 5.56 Å². The van der Waals surface area contributed by atoms with E-state index in [0.717, 1.165) is 10.9 Å². The first kappa shape index (κ1) is 14.3. The molecule has 2 rings (SSSR count). The van der Waals surface area contributed by atoms with Crippen LogP contribution >= 0.6 is 27.5 Å². The maximum atomic E-state index is 11.9. The van der Waals surface area contributed by atoms with Crippen LogP contribution in [0.25, 0.3) is 5.69 Å². The number of ether oxygens (including phenoxy) is 1. The number of benzene rings is 1. The van der Waals surface area contributed by atoms with E-state index in [1.807, 2.05) is 6.07 Å². The molecule has 0 saturated carbocycles. The molecule has 2 aromatic rings. The molecule has 0 bridgehead atoms. The second-order valence-corrected chi connectivity index (χ2v) is 5.36. The summed E-state index contributed by atoms with van der Waals surface area (Å²) < 4.78 is 8.99. The molecule has 1 aromatic carbocycles. The number of hydrogen-bond acceptors (Lipinski definition) is 2. The fourth-order valence-corrected chi connectivity index (χ4v) is 2.48. The van der Waals surface area contributed by atoms with Crippen LogP contribution in [0.1, 0.15) is 6.42 Å². The van der Waals surface area contributed by atoms with Crippen molar-refractivity contribution in [3.05, 3.63) is 44.2 Å². The van der Waals surface area contributed by atoms with Crippen LogP contribution in [0, 0.1) is 0 Å². The molecular weight excluding hydrogens is 334 g/mol. The molecule has 7 heteroatoms. The second kappa shape index (κ2) is 6.36. The van der Waals surface area contributed by atoms with Crippen LogP contribution in [0.5, 0.6) is 0 Å². The molecule has 19 heavy (non-hydrogen) atoms. The highest BCUT2D eigenvalue weighted by atomic mass is 79.9. The van der Waals surface area contributed by atoms with E-state index >= 15 is 0 Å². The number of nitrogens with zero attached hydrogens (tertiary/aromatic N) is 2. The Kier molecular flexibility index (Phi) is 4.79. The van der Waals surface area contributed by atoms with Crippen LogP contribution in [-0.2, 0) is 11.3 Å². The molecule has 1 heterocycles. The van der Waals surface area contributed by atoms with Gasteiger partial charge in [-0.1, -0.05) is 37.4 Å². The topological polar surface area (TPSA) is 50.9 Å². The molecule has 0 atom stereocenters. The highest BCUT2D eigenvalue weighted by Crippen LogP contribution is 2.22. The summed E-state index contributed by atoms with van der Waals surface area (Å²) in [6, 6.07) is 5.37. The van der Waals surface area contributed by atoms with Crippen LogP contribution in [0.4, 0.5) is 0 Å². The maximum absolute atomic E-state index is 11.9. The zero-order valence-electron chi connectivity index (χ0n) is 10.4. The van der Waals surface area contributed by atoms with E-state index in [1.165, 1.54) is 10.9 Å². The van der Waals surface area contributed by atoms with E-state index in [0.29, 0.717) is 23.9 Å². The average molecular weight is 348 g/mol. The van der Waals surface area contributed by atoms with Crippen molar-refractivity contribution >= 4 is 27.5 Å². The Bertz CT molecular complexity index is 624. The number of aromatic amines is 1. The number of aromatic nitrogens is 3. The minimum absolute atomic E-state index is 0.151. The summed E-state index contributed by atoms with van der Waals surface area (Å²) in [5, 5.41) is 3.48. The Morgan fingerprint density at radius 3 is 3.00 bits per heavy atom. The number of aryl methyl sites for hydroxylation is 1. The molecule has 0 aliphatic rings. The monoisotopic (exact) mass is 346 g/mol. The second-order valence-electron chi connectivity index (χ2n) is 4.04. The third-order valence-corrected chi connectivity index (χ3v) is 3.41. The van der Waals surface area contributed by atoms with Crippen molar-refractivity contribution in [2.75, 3.05) is 13.7 Å². The number of halogens is 2. The number of nitrogens with one attached hydrogen (secondary N) is 1. The molecule has 1 aromatic heterocycles. The molecule has 0 spiro atoms. The molecule has 0 amide bonds. The van der Waals surface area contributed by atoms with Gasteiger partial charge in [0.1, 0.15) is 6.54 Å². The number of H-pyrrole nitrogens is 1. The van der Waals surface area contributed by atoms with Gasteiger partial charge in [0.25, 0.3) is 0 Å². The van der Waals surface area contributed by atoms with E-state index < -0.39 is 0 Å². The number of rotatable bonds is 5. The van der Waals surface area contributed by atoms with Gasteiger partial charge in [-0.2, -0.15) is 4.68 Å². The molecule has 0 radical (unpaired) electrons. The highest BCUT2D eigenvalue weighted by Gasteiger charge is 2.15. The van der Waals surface area contributed by atoms with Crippen LogP contribution in [0.15, 0.2) is 33.7 Å². The minimum atomic E-state index is -0.151. The fraction of sp³-hybridized carbons (Fsp3) is 0.333. The van der Waals surface area contributed by atoms with Crippen molar-refractivity contribution in [3.63, 3.8) is 0 Å². The minimum Gasteiger partial charge on any atom is -0.385 e. The largest absolute Gasteiger partial charge is 0.398 e. The standard InChI is InChI=1S/C12H13BrClN3O2/c1-19-6-2-5-16-8-12(18)17(15-16)11-4-3-9(13)7-10(11)14/h3-4,7-8H,2,5-6H2,1H3/p+1. The Morgan fingerprint density at radius 1 is 1.53 bits per heavy atom. The number of methoxy groups -OCH3 is 1. The van der Waals surface area contributed by atoms with Gasteiger partial charge in [-0.15, -0.1) is 0 Å². The molecule has 0 unspecified atom stereocenters. The van der Waals surface area contributed by atoms with Crippen molar-refractivity contribution < 1.29 is 9.42 Å². The van der Waals surface area contributed by atoms with E-state index in [2.05, 4.69) is 21.1 Å². The summed E-state index contributed by atoms with van der Waals surface area (Å²) in [5.74, 6) is 0. The lowest BCUT2D eigenvalue weighted by molar-refractivity contribution is -0.755. The molecule has 1 N–H and O–H groups in total. The van der Waals surface area contributed by atoms with E-state index in [1.54, 1.807) is 23.9 Å². The van der Waals surface area contributed by atoms with Gasteiger partial charge in [0.15, 0.2) is 5.69 Å². The van der Waals surface area contributed by atoms with Crippen molar-refractivity contribution in [1.82, 2.24) is 9.90 Å². The van der Waals surface area contributed by atoms with Crippen molar-refractivity contribution in [2.45, 2.75) is 13.0 Å². The summed E-state index contributed by atoms with van der Waals surface area (Å²) in [6.07, 6.45) is 2.34. The molecule has 0 aliphatic carbocycles. The van der Waals surface area contributed by atoms with E-state index in [4.69, 9.17) is 16.3 Å². The van der Waals surface area contributed by atoms with Gasteiger partial charge in [-0.05, 0) is 18.2 Å². The number of hydrogen-bond donors (Lipinski definition) is 1. The SMILES string of the molecule is COCCC[n+]1cc(=O)n(-c2ccc(Br)cc2Cl)[nH]1. The highest BCUT2D eigenvalue weighted by molar-refractivity contribution is 9.10. The lowest BCUT2D eigenvalue weighted by Gasteiger charge is -1.99. The summed E-state index contributed by atoms with van der Waals surface area (Å²) >= 11 is 9.47. The Hall–Kier alpha value is -1.11. The van der Waals surface area contributed by atoms with E-state index in [9.17, 15) is 4.79 Å². The molecule has 0 saturated heterocycles. The van der Waals surface area contributed by atoms with Gasteiger partial charge < -0.3 is 4.74 Å². The first-order valence-electron chi connectivity index (χ1n) is 5.77. The van der Waals surface area contributed by atoms with Crippen molar-refractivity contribution in [1.29, 1.82) is 0 Å². The first-order valence-corrected chi connectivity index (χ1v) is 6.95. The predicted molar refractivity (Wildman–Crippen MR) is 75.8 cm³/mol. The fourth-order valence-electron chi connectivity index (χ4n) is 1.73. The summed E-state index contributed by atoms with van der Waals surface area (Å²) in [6.45, 7) is 1.34. The van der Waals surface area contributed by atoms with Gasteiger partial charge in [0, 0.05) is 24.6 Å². The van der Waals surface area contributed by atoms with Gasteiger partial charge in [0.2, 0.25) is 6.20 Å². The molecule has 0 fully saturated rings. The molecule has 0 aliphatic heterocycles. The summed E-state index contributed by atoms with van der Waals surface area (Å²) in [5.41, 5.74) is 0.474. The van der Waals surface area contributed by atoms with Gasteiger partial charge in [-0.25, -0.2) is 4.79 Å². The van der Waals surface area contributed by atoms with Crippen molar-refractivity contribution in [2.24, 2.45) is 0 Å². The lowest BCUT2D eigenvalue weighted by atomic mass is 10.3. The normalized spacial score (nSPS) is 10.9. The zero-order chi connectivity index (χ0) is 13.8. The Labute approximate surface area is 123 Å². The molecule has 5 nitrogen and oxygen atoms in total. The summed E-state index contributed by atoms with van der Waals surface area (Å²) in [7, 11) is 1.65. The molecule has 102 valence electrons. The van der Waals surface area contributed by atoms with Crippen LogP contribution in [-0.4, -0.2) is 23.6 Å². The Morgan fingerprint density at radius 2 is 2.32 bits per heavy atom. The smallest absolute Gasteiger partial charge is 0.385 e. The van der Waals surface area contributed by atoms with Crippen LogP contribution < -0.4 is 10.2 Å². The third-order valence-electron chi connectivity index (χ3n) is 2.61. The predicted octanol–water partition coefficient (Wildman–Crippen LogP) is 1.91. The van der Waals surface area contributed by atoms with Crippen LogP contribution in [0.3, 0.4) is 0 Å². The quantitative estimate of drug-likeness (QED) is 0.663. The van der Waals surface area contributed by atoms with Crippen LogP contribution in [0.2, 0.25) is 5.02 Å². The summed E-state index contributed by atoms with van der Waals surface area (Å²) in [4.78, 5) is 11.9. The third kappa shape index (κ3) is 3.46. The molecular formula is C12H14BrClN3O2+. The van der Waals surface area contributed by atoms with Gasteiger partial charge in [-0.3, -0.25) is 0 Å². The van der Waals surface area contributed by atoms with Gasteiger partial charge >= 0.3 is 5.56 Å². The lowest BCUT2D eigenvalue weighted by Crippen LogP contribution is -2.36. The van der Waals surface area contributed by atoms with Crippen molar-refractivity contribution in [3.8, 4) is 5.69 Å². The Balaban J connectivity index is 2.27. The maximum Gasteiger partial charge on any atom is 0.398 e. The first-order chi connectivity index (χ1) is 9.11.